The number of carbonyl (C=O) groups is 1. The normalized spacial score (nSPS) is 11.7. The van der Waals surface area contributed by atoms with E-state index in [-0.39, 0.29) is 5.69 Å². The third-order valence-electron chi connectivity index (χ3n) is 1.31. The molecule has 1 rings (SSSR count). The highest BCUT2D eigenvalue weighted by atomic mass is 35.5. The summed E-state index contributed by atoms with van der Waals surface area (Å²) in [6, 6.07) is 0. The van der Waals surface area contributed by atoms with Gasteiger partial charge in [-0.3, -0.25) is 9.48 Å². The molecule has 0 aliphatic carbocycles. The summed E-state index contributed by atoms with van der Waals surface area (Å²) in [5, 5.41) is 3.13. The molecule has 0 aliphatic rings. The van der Waals surface area contributed by atoms with Crippen molar-refractivity contribution < 1.29 is 13.6 Å². The second-order valence-corrected chi connectivity index (χ2v) is 2.96. The highest BCUT2D eigenvalue weighted by molar-refractivity contribution is 6.32. The number of rotatable bonds is 3. The number of hydrogen-bond acceptors (Lipinski definition) is 3. The average Bonchev–Trinajstić information content (AvgIpc) is 2.33. The molecule has 0 fully saturated rings. The van der Waals surface area contributed by atoms with Gasteiger partial charge < -0.3 is 0 Å². The first-order valence-corrected chi connectivity index (χ1v) is 3.72. The lowest BCUT2D eigenvalue weighted by molar-refractivity contribution is -0.132. The summed E-state index contributed by atoms with van der Waals surface area (Å²) in [6.07, 6.45) is 0.866. The summed E-state index contributed by atoms with van der Waals surface area (Å²) >= 11 is 4.50. The Morgan fingerprint density at radius 1 is 1.77 bits per heavy atom. The van der Waals surface area contributed by atoms with E-state index in [0.717, 1.165) is 0 Å². The van der Waals surface area contributed by atoms with E-state index in [1.54, 1.807) is 7.05 Å². The maximum absolute atomic E-state index is 12.2. The molecule has 13 heavy (non-hydrogen) atoms. The summed E-state index contributed by atoms with van der Waals surface area (Å²) in [7, 11) is 1.57. The van der Waals surface area contributed by atoms with E-state index >= 15 is 0 Å². The Labute approximate surface area is 77.5 Å². The van der Waals surface area contributed by atoms with E-state index in [1.165, 1.54) is 10.9 Å². The molecule has 0 saturated carbocycles. The molecular formula is C6H6ClF2N3O. The molecule has 7 heteroatoms. The van der Waals surface area contributed by atoms with Crippen molar-refractivity contribution in [2.24, 2.45) is 7.05 Å². The van der Waals surface area contributed by atoms with Crippen LogP contribution in [-0.4, -0.2) is 26.2 Å². The third kappa shape index (κ3) is 2.73. The second kappa shape index (κ2) is 3.37. The van der Waals surface area contributed by atoms with Crippen LogP contribution in [0.1, 0.15) is 5.69 Å². The van der Waals surface area contributed by atoms with Gasteiger partial charge in [-0.05, 0) is 11.6 Å². The average molecular weight is 210 g/mol. The smallest absolute Gasteiger partial charge is 0.291 e. The molecule has 0 atom stereocenters. The number of nitrogens with zero attached hydrogens (tertiary/aromatic N) is 3. The van der Waals surface area contributed by atoms with Crippen molar-refractivity contribution in [3.8, 4) is 0 Å². The predicted molar refractivity (Wildman–Crippen MR) is 40.5 cm³/mol. The Morgan fingerprint density at radius 2 is 2.38 bits per heavy atom. The van der Waals surface area contributed by atoms with Crippen molar-refractivity contribution >= 4 is 17.4 Å². The molecule has 0 bridgehead atoms. The van der Waals surface area contributed by atoms with E-state index in [9.17, 15) is 13.6 Å². The van der Waals surface area contributed by atoms with Crippen molar-refractivity contribution in [3.05, 3.63) is 11.9 Å². The van der Waals surface area contributed by atoms with Gasteiger partial charge in [0, 0.05) is 13.2 Å². The number of carbonyl (C=O) groups excluding carboxylic acids is 1. The van der Waals surface area contributed by atoms with Crippen LogP contribution in [0.3, 0.4) is 0 Å². The fourth-order valence-corrected chi connectivity index (χ4v) is 0.808. The fraction of sp³-hybridized carbons (Fsp3) is 0.500. The standard InChI is InChI=1S/C6H6ClF2N3O/c1-12-3-4(10-11-12)2-5(13)6(7,8)9/h3H,2H2,1H3. The van der Waals surface area contributed by atoms with Gasteiger partial charge >= 0.3 is 5.38 Å². The zero-order chi connectivity index (χ0) is 10.1. The molecule has 1 heterocycles. The van der Waals surface area contributed by atoms with Gasteiger partial charge in [0.25, 0.3) is 0 Å². The molecule has 1 aromatic rings. The SMILES string of the molecule is Cn1cc(CC(=O)C(F)(F)Cl)nn1. The number of aromatic nitrogens is 3. The van der Waals surface area contributed by atoms with Gasteiger partial charge in [-0.1, -0.05) is 5.21 Å². The van der Waals surface area contributed by atoms with Crippen molar-refractivity contribution in [2.75, 3.05) is 0 Å². The van der Waals surface area contributed by atoms with Crippen LogP contribution in [-0.2, 0) is 18.3 Å². The highest BCUT2D eigenvalue weighted by Gasteiger charge is 2.35. The van der Waals surface area contributed by atoms with Crippen LogP contribution in [0, 0.1) is 0 Å². The molecule has 0 N–H and O–H groups in total. The van der Waals surface area contributed by atoms with Crippen LogP contribution in [0.4, 0.5) is 8.78 Å². The Morgan fingerprint density at radius 3 is 2.77 bits per heavy atom. The molecule has 4 nitrogen and oxygen atoms in total. The topological polar surface area (TPSA) is 47.8 Å². The maximum atomic E-state index is 12.2. The minimum absolute atomic E-state index is 0.174. The maximum Gasteiger partial charge on any atom is 0.380 e. The summed E-state index contributed by atoms with van der Waals surface area (Å²) in [5.74, 6) is -1.38. The van der Waals surface area contributed by atoms with Gasteiger partial charge in [-0.25, -0.2) is 0 Å². The number of aryl methyl sites for hydroxylation is 1. The van der Waals surface area contributed by atoms with Crippen molar-refractivity contribution in [1.82, 2.24) is 15.0 Å². The van der Waals surface area contributed by atoms with Crippen molar-refractivity contribution in [3.63, 3.8) is 0 Å². The molecule has 0 amide bonds. The van der Waals surface area contributed by atoms with Gasteiger partial charge in [0.05, 0.1) is 12.1 Å². The molecule has 0 spiro atoms. The highest BCUT2D eigenvalue weighted by Crippen LogP contribution is 2.21. The summed E-state index contributed by atoms with van der Waals surface area (Å²) in [4.78, 5) is 10.7. The second-order valence-electron chi connectivity index (χ2n) is 2.48. The van der Waals surface area contributed by atoms with Crippen molar-refractivity contribution in [1.29, 1.82) is 0 Å². The van der Waals surface area contributed by atoms with E-state index in [2.05, 4.69) is 21.9 Å². The van der Waals surface area contributed by atoms with E-state index < -0.39 is 17.6 Å². The molecule has 0 saturated heterocycles. The van der Waals surface area contributed by atoms with Crippen LogP contribution < -0.4 is 0 Å². The Bertz CT molecular complexity index is 320. The largest absolute Gasteiger partial charge is 0.380 e. The molecule has 0 aliphatic heterocycles. The summed E-state index contributed by atoms with van der Waals surface area (Å²) in [5.41, 5.74) is 0.174. The van der Waals surface area contributed by atoms with Crippen LogP contribution in [0.15, 0.2) is 6.20 Å². The molecule has 1 aromatic heterocycles. The number of alkyl halides is 3. The number of Topliss-reactive ketones (excluding diaryl/α,β-unsaturated/α-hetero) is 1. The van der Waals surface area contributed by atoms with Crippen LogP contribution in [0.25, 0.3) is 0 Å². The van der Waals surface area contributed by atoms with Gasteiger partial charge in [0.2, 0.25) is 5.78 Å². The zero-order valence-electron chi connectivity index (χ0n) is 6.67. The van der Waals surface area contributed by atoms with Crippen LogP contribution >= 0.6 is 11.6 Å². The lowest BCUT2D eigenvalue weighted by Crippen LogP contribution is -2.23. The molecule has 0 aromatic carbocycles. The Kier molecular flexibility index (Phi) is 2.60. The lowest BCUT2D eigenvalue weighted by Gasteiger charge is -2.03. The quantitative estimate of drug-likeness (QED) is 0.691. The fourth-order valence-electron chi connectivity index (χ4n) is 0.741. The van der Waals surface area contributed by atoms with E-state index in [0.29, 0.717) is 0 Å². The van der Waals surface area contributed by atoms with Crippen molar-refractivity contribution in [2.45, 2.75) is 11.8 Å². The summed E-state index contributed by atoms with van der Waals surface area (Å²) in [6.45, 7) is 0. The lowest BCUT2D eigenvalue weighted by atomic mass is 10.2. The summed E-state index contributed by atoms with van der Waals surface area (Å²) < 4.78 is 25.7. The molecule has 72 valence electrons. The first-order chi connectivity index (χ1) is 5.89. The van der Waals surface area contributed by atoms with Crippen LogP contribution in [0.5, 0.6) is 0 Å². The molecule has 0 unspecified atom stereocenters. The number of ketones is 1. The van der Waals surface area contributed by atoms with Gasteiger partial charge in [-0.15, -0.1) is 5.10 Å². The molecular weight excluding hydrogens is 204 g/mol. The predicted octanol–water partition coefficient (Wildman–Crippen LogP) is 0.758. The van der Waals surface area contributed by atoms with Crippen LogP contribution in [0.2, 0.25) is 0 Å². The van der Waals surface area contributed by atoms with Gasteiger partial charge in [-0.2, -0.15) is 8.78 Å². The minimum atomic E-state index is -3.82. The first kappa shape index (κ1) is 10.0. The Balaban J connectivity index is 2.65. The van der Waals surface area contributed by atoms with E-state index in [4.69, 9.17) is 0 Å². The monoisotopic (exact) mass is 209 g/mol. The van der Waals surface area contributed by atoms with Gasteiger partial charge in [0.1, 0.15) is 0 Å². The van der Waals surface area contributed by atoms with Gasteiger partial charge in [0.15, 0.2) is 0 Å². The molecule has 0 radical (unpaired) electrons. The Hall–Kier alpha value is -1.04. The minimum Gasteiger partial charge on any atom is -0.291 e. The number of halogens is 3. The third-order valence-corrected chi connectivity index (χ3v) is 1.52. The van der Waals surface area contributed by atoms with E-state index in [1.807, 2.05) is 0 Å². The first-order valence-electron chi connectivity index (χ1n) is 3.35. The number of hydrogen-bond donors (Lipinski definition) is 0. The zero-order valence-corrected chi connectivity index (χ0v) is 7.42.